The molecule has 0 aromatic rings. The van der Waals surface area contributed by atoms with E-state index in [0.29, 0.717) is 5.29 Å². The van der Waals surface area contributed by atoms with Crippen LogP contribution in [0.15, 0.2) is 23.1 Å². The molecule has 0 atom stereocenters. The summed E-state index contributed by atoms with van der Waals surface area (Å²) in [6.07, 6.45) is 3.09. The summed E-state index contributed by atoms with van der Waals surface area (Å²) in [4.78, 5) is 3.63. The van der Waals surface area contributed by atoms with Crippen LogP contribution in [0.2, 0.25) is 0 Å². The van der Waals surface area contributed by atoms with Gasteiger partial charge in [-0.2, -0.15) is 0 Å². The van der Waals surface area contributed by atoms with Crippen molar-refractivity contribution in [2.45, 2.75) is 0 Å². The molecule has 0 saturated heterocycles. The molecule has 0 bridgehead atoms. The summed E-state index contributed by atoms with van der Waals surface area (Å²) < 4.78 is 0. The number of aliphatic imine (C=N–C) groups is 1. The molecule has 3 heteroatoms. The zero-order chi connectivity index (χ0) is 5.11. The van der Waals surface area contributed by atoms with Crippen molar-refractivity contribution in [3.63, 3.8) is 0 Å². The summed E-state index contributed by atoms with van der Waals surface area (Å²) in [5, 5.41) is 3.02. The van der Waals surface area contributed by atoms with Gasteiger partial charge in [0.05, 0.1) is 6.20 Å². The Morgan fingerprint density at radius 2 is 2.71 bits per heavy atom. The highest BCUT2D eigenvalue weighted by Gasteiger charge is 1.85. The van der Waals surface area contributed by atoms with E-state index in [1.807, 2.05) is 0 Å². The van der Waals surface area contributed by atoms with Gasteiger partial charge in [0.2, 0.25) is 5.29 Å². The molecule has 1 aliphatic rings. The number of amidine groups is 1. The summed E-state index contributed by atoms with van der Waals surface area (Å²) in [5.74, 6) is 0. The maximum atomic E-state index is 5.35. The Labute approximate surface area is 46.2 Å². The summed E-state index contributed by atoms with van der Waals surface area (Å²) in [6, 6.07) is 0. The molecule has 1 aliphatic heterocycles. The van der Waals surface area contributed by atoms with Crippen molar-refractivity contribution in [1.29, 1.82) is 0 Å². The molecule has 0 spiro atoms. The monoisotopic (exact) mass is 114 g/mol. The van der Waals surface area contributed by atoms with Gasteiger partial charge in [-0.15, -0.1) is 0 Å². The van der Waals surface area contributed by atoms with Crippen molar-refractivity contribution in [2.24, 2.45) is 4.99 Å². The smallest absolute Gasteiger partial charge is 0.200 e. The third-order valence-electron chi connectivity index (χ3n) is 0.527. The molecule has 0 saturated carbocycles. The second-order valence-electron chi connectivity index (χ2n) is 1.00. The van der Waals surface area contributed by atoms with Crippen LogP contribution in [-0.2, 0) is 0 Å². The van der Waals surface area contributed by atoms with E-state index in [1.54, 1.807) is 6.20 Å². The molecule has 0 fully saturated rings. The normalized spacial score (nSPS) is 15.9. The fraction of sp³-hybridized carbons (Fsp3) is 0. The Kier molecular flexibility index (Phi) is 1.16. The quantitative estimate of drug-likeness (QED) is 0.366. The molecule has 0 aromatic carbocycles. The van der Waals surface area contributed by atoms with Crippen molar-refractivity contribution in [1.82, 2.24) is 5.32 Å². The van der Waals surface area contributed by atoms with E-state index in [-0.39, 0.29) is 0 Å². The van der Waals surface area contributed by atoms with Crippen LogP contribution >= 0.6 is 11.6 Å². The van der Waals surface area contributed by atoms with Crippen molar-refractivity contribution >= 4 is 16.9 Å². The molecule has 1 heterocycles. The Bertz CT molecular complexity index is 153. The minimum atomic E-state index is 0.388. The van der Waals surface area contributed by atoms with Crippen molar-refractivity contribution in [3.8, 4) is 0 Å². The zero-order valence-corrected chi connectivity index (χ0v) is 4.24. The number of hydrogen-bond donors (Lipinski definition) is 1. The molecule has 1 rings (SSSR count). The highest BCUT2D eigenvalue weighted by atomic mass is 35.5. The molecule has 0 radical (unpaired) electrons. The van der Waals surface area contributed by atoms with Crippen molar-refractivity contribution in [3.05, 3.63) is 18.1 Å². The average molecular weight is 115 g/mol. The van der Waals surface area contributed by atoms with Crippen LogP contribution in [0.25, 0.3) is 0 Å². The van der Waals surface area contributed by atoms with E-state index in [0.717, 1.165) is 0 Å². The van der Waals surface area contributed by atoms with E-state index in [1.165, 1.54) is 6.20 Å². The highest BCUT2D eigenvalue weighted by Crippen LogP contribution is 1.85. The van der Waals surface area contributed by atoms with Crippen molar-refractivity contribution in [2.75, 3.05) is 0 Å². The van der Waals surface area contributed by atoms with E-state index >= 15 is 0 Å². The van der Waals surface area contributed by atoms with Gasteiger partial charge in [0.1, 0.15) is 0 Å². The maximum absolute atomic E-state index is 5.35. The van der Waals surface area contributed by atoms with Gasteiger partial charge in [-0.1, -0.05) is 5.73 Å². The second-order valence-corrected chi connectivity index (χ2v) is 1.36. The topological polar surface area (TPSA) is 24.4 Å². The van der Waals surface area contributed by atoms with Crippen LogP contribution in [0.1, 0.15) is 0 Å². The first-order valence-corrected chi connectivity index (χ1v) is 2.16. The van der Waals surface area contributed by atoms with Gasteiger partial charge in [0.15, 0.2) is 0 Å². The molecule has 0 unspecified atom stereocenters. The van der Waals surface area contributed by atoms with E-state index in [2.05, 4.69) is 16.0 Å². The fourth-order valence-corrected chi connectivity index (χ4v) is 0.373. The van der Waals surface area contributed by atoms with Gasteiger partial charge >= 0.3 is 0 Å². The van der Waals surface area contributed by atoms with Crippen LogP contribution in [0, 0.1) is 0 Å². The molecule has 1 N–H and O–H groups in total. The standard InChI is InChI=1S/C4H3ClN2/c5-4-6-2-1-3-7-4/h2-3H,(H,6,7). The van der Waals surface area contributed by atoms with Gasteiger partial charge in [-0.25, -0.2) is 4.99 Å². The van der Waals surface area contributed by atoms with E-state index < -0.39 is 0 Å². The number of hydrogen-bond acceptors (Lipinski definition) is 2. The average Bonchev–Trinajstić information content (AvgIpc) is 1.69. The predicted molar refractivity (Wildman–Crippen MR) is 29.1 cm³/mol. The molecular formula is C4H3ClN2. The summed E-state index contributed by atoms with van der Waals surface area (Å²) in [5.41, 5.74) is 2.68. The number of nitrogens with one attached hydrogen (secondary N) is 1. The first-order chi connectivity index (χ1) is 3.39. The first kappa shape index (κ1) is 4.44. The summed E-state index contributed by atoms with van der Waals surface area (Å²) in [7, 11) is 0. The molecule has 2 nitrogen and oxygen atoms in total. The lowest BCUT2D eigenvalue weighted by Crippen LogP contribution is -2.10. The van der Waals surface area contributed by atoms with Gasteiger partial charge < -0.3 is 5.32 Å². The maximum Gasteiger partial charge on any atom is 0.200 e. The molecular weight excluding hydrogens is 112 g/mol. The lowest BCUT2D eigenvalue weighted by atomic mass is 10.7. The first-order valence-electron chi connectivity index (χ1n) is 1.79. The minimum absolute atomic E-state index is 0.388. The van der Waals surface area contributed by atoms with Crippen LogP contribution in [-0.4, -0.2) is 5.29 Å². The van der Waals surface area contributed by atoms with E-state index in [9.17, 15) is 0 Å². The molecule has 0 aromatic heterocycles. The Morgan fingerprint density at radius 1 is 1.86 bits per heavy atom. The van der Waals surface area contributed by atoms with Crippen molar-refractivity contribution < 1.29 is 0 Å². The molecule has 36 valence electrons. The predicted octanol–water partition coefficient (Wildman–Crippen LogP) is 0.811. The highest BCUT2D eigenvalue weighted by molar-refractivity contribution is 6.64. The second kappa shape index (κ2) is 1.82. The lowest BCUT2D eigenvalue weighted by Gasteiger charge is -1.92. The summed E-state index contributed by atoms with van der Waals surface area (Å²) in [6.45, 7) is 0. The minimum Gasteiger partial charge on any atom is -0.330 e. The molecule has 7 heavy (non-hydrogen) atoms. The third-order valence-corrected chi connectivity index (χ3v) is 0.734. The van der Waals surface area contributed by atoms with E-state index in [4.69, 9.17) is 11.6 Å². The van der Waals surface area contributed by atoms with Crippen LogP contribution in [0.3, 0.4) is 0 Å². The Morgan fingerprint density at radius 3 is 3.00 bits per heavy atom. The van der Waals surface area contributed by atoms with Gasteiger partial charge in [0, 0.05) is 6.20 Å². The number of rotatable bonds is 0. The van der Waals surface area contributed by atoms with Crippen LogP contribution < -0.4 is 5.32 Å². The van der Waals surface area contributed by atoms with Gasteiger partial charge in [-0.3, -0.25) is 0 Å². The van der Waals surface area contributed by atoms with Gasteiger partial charge in [0.25, 0.3) is 0 Å². The fourth-order valence-electron chi connectivity index (χ4n) is 0.270. The van der Waals surface area contributed by atoms with Crippen LogP contribution in [0.4, 0.5) is 0 Å². The lowest BCUT2D eigenvalue weighted by molar-refractivity contribution is 1.27. The summed E-state index contributed by atoms with van der Waals surface area (Å²) >= 11 is 5.35. The van der Waals surface area contributed by atoms with Crippen LogP contribution in [0.5, 0.6) is 0 Å². The molecule has 0 aliphatic carbocycles. The largest absolute Gasteiger partial charge is 0.330 e. The third kappa shape index (κ3) is 1.07. The number of halogens is 1. The SMILES string of the molecule is ClC1=NC=C=CN1. The Balaban J connectivity index is 2.77. The number of nitrogens with zero attached hydrogens (tertiary/aromatic N) is 1. The van der Waals surface area contributed by atoms with Gasteiger partial charge in [-0.05, 0) is 11.6 Å². The molecule has 0 amide bonds. The Hall–Kier alpha value is -0.720. The zero-order valence-electron chi connectivity index (χ0n) is 3.48.